The quantitative estimate of drug-likeness (QED) is 0.690. The first kappa shape index (κ1) is 12.3. The summed E-state index contributed by atoms with van der Waals surface area (Å²) in [5.74, 6) is 0. The summed E-state index contributed by atoms with van der Waals surface area (Å²) in [5.41, 5.74) is 0. The average molecular weight is 318 g/mol. The van der Waals surface area contributed by atoms with E-state index in [0.29, 0.717) is 11.3 Å². The topological polar surface area (TPSA) is 18.8 Å². The van der Waals surface area contributed by atoms with Gasteiger partial charge in [-0.2, -0.15) is 0 Å². The minimum atomic E-state index is 0.629. The lowest BCUT2D eigenvalue weighted by atomic mass is 10.1. The van der Waals surface area contributed by atoms with Crippen LogP contribution in [0.1, 0.15) is 19.8 Å². The van der Waals surface area contributed by atoms with Crippen molar-refractivity contribution in [1.82, 2.24) is 9.80 Å². The molecule has 0 aromatic heterocycles. The van der Waals surface area contributed by atoms with Crippen LogP contribution in [0.4, 0.5) is 0 Å². The molecule has 3 nitrogen and oxygen atoms in total. The van der Waals surface area contributed by atoms with Gasteiger partial charge >= 0.3 is 0 Å². The molecule has 3 rings (SSSR count). The molecule has 2 fully saturated rings. The average Bonchev–Trinajstić information content (AvgIpc) is 2.94. The van der Waals surface area contributed by atoms with Crippen LogP contribution in [0.3, 0.4) is 0 Å². The number of rotatable bonds is 1. The molecule has 0 aliphatic carbocycles. The third kappa shape index (κ3) is 2.38. The fraction of sp³-hybridized carbons (Fsp3) is 0.917. The molecular formula is C12H20BrN3S. The number of hydrogen-bond acceptors (Lipinski definition) is 4. The molecule has 0 aromatic rings. The van der Waals surface area contributed by atoms with Crippen molar-refractivity contribution in [2.45, 2.75) is 37.1 Å². The maximum absolute atomic E-state index is 4.73. The summed E-state index contributed by atoms with van der Waals surface area (Å²) < 4.78 is 0. The van der Waals surface area contributed by atoms with Crippen molar-refractivity contribution in [2.24, 2.45) is 4.99 Å². The summed E-state index contributed by atoms with van der Waals surface area (Å²) in [4.78, 5) is 9.96. The lowest BCUT2D eigenvalue weighted by Crippen LogP contribution is -2.56. The van der Waals surface area contributed by atoms with Gasteiger partial charge in [-0.05, 0) is 26.3 Å². The zero-order chi connectivity index (χ0) is 11.8. The van der Waals surface area contributed by atoms with Crippen LogP contribution in [-0.4, -0.2) is 63.8 Å². The first-order valence-corrected chi connectivity index (χ1v) is 8.56. The molecule has 0 saturated carbocycles. The molecular weight excluding hydrogens is 298 g/mol. The van der Waals surface area contributed by atoms with Crippen molar-refractivity contribution in [2.75, 3.05) is 31.5 Å². The van der Waals surface area contributed by atoms with Crippen LogP contribution in [0.5, 0.6) is 0 Å². The predicted octanol–water partition coefficient (Wildman–Crippen LogP) is 2.02. The lowest BCUT2D eigenvalue weighted by molar-refractivity contribution is 0.111. The van der Waals surface area contributed by atoms with Gasteiger partial charge in [0.1, 0.15) is 0 Å². The molecule has 0 amide bonds. The van der Waals surface area contributed by atoms with E-state index in [1.54, 1.807) is 0 Å². The van der Waals surface area contributed by atoms with Gasteiger partial charge in [0, 0.05) is 35.8 Å². The second kappa shape index (κ2) is 5.10. The first-order chi connectivity index (χ1) is 8.28. The van der Waals surface area contributed by atoms with Crippen LogP contribution in [-0.2, 0) is 0 Å². The lowest BCUT2D eigenvalue weighted by Gasteiger charge is -2.43. The van der Waals surface area contributed by atoms with Gasteiger partial charge in [0.15, 0.2) is 5.17 Å². The molecule has 17 heavy (non-hydrogen) atoms. The Hall–Kier alpha value is 0.260. The molecule has 2 saturated heterocycles. The van der Waals surface area contributed by atoms with Gasteiger partial charge in [0.2, 0.25) is 0 Å². The van der Waals surface area contributed by atoms with E-state index in [4.69, 9.17) is 4.99 Å². The highest BCUT2D eigenvalue weighted by molar-refractivity contribution is 9.09. The van der Waals surface area contributed by atoms with Crippen LogP contribution >= 0.6 is 27.7 Å². The standard InChI is InChI=1S/C12H20BrN3S/c1-9-7-15-4-2-3-10(15)8-16(9)12-14-6-11(5-13)17-12/h9-11H,2-8H2,1H3. The highest BCUT2D eigenvalue weighted by atomic mass is 79.9. The Morgan fingerprint density at radius 2 is 2.35 bits per heavy atom. The summed E-state index contributed by atoms with van der Waals surface area (Å²) in [6.45, 7) is 7.07. The zero-order valence-corrected chi connectivity index (χ0v) is 12.7. The summed E-state index contributed by atoms with van der Waals surface area (Å²) >= 11 is 5.53. The second-order valence-electron chi connectivity index (χ2n) is 5.31. The molecule has 5 heteroatoms. The number of alkyl halides is 1. The number of halogens is 1. The first-order valence-electron chi connectivity index (χ1n) is 6.55. The van der Waals surface area contributed by atoms with E-state index in [0.717, 1.165) is 17.9 Å². The highest BCUT2D eigenvalue weighted by Crippen LogP contribution is 2.31. The van der Waals surface area contributed by atoms with Crippen molar-refractivity contribution >= 4 is 32.9 Å². The van der Waals surface area contributed by atoms with Crippen molar-refractivity contribution in [1.29, 1.82) is 0 Å². The Morgan fingerprint density at radius 3 is 3.12 bits per heavy atom. The van der Waals surface area contributed by atoms with E-state index in [1.165, 1.54) is 37.6 Å². The minimum absolute atomic E-state index is 0.629. The zero-order valence-electron chi connectivity index (χ0n) is 10.3. The molecule has 0 spiro atoms. The van der Waals surface area contributed by atoms with Gasteiger partial charge in [-0.15, -0.1) is 0 Å². The fourth-order valence-electron chi connectivity index (χ4n) is 3.10. The number of aliphatic imine (C=N–C) groups is 1. The van der Waals surface area contributed by atoms with E-state index >= 15 is 0 Å². The number of amidine groups is 1. The Bertz CT molecular complexity index is 323. The highest BCUT2D eigenvalue weighted by Gasteiger charge is 2.37. The molecule has 96 valence electrons. The third-order valence-corrected chi connectivity index (χ3v) is 6.49. The largest absolute Gasteiger partial charge is 0.346 e. The van der Waals surface area contributed by atoms with E-state index in [9.17, 15) is 0 Å². The van der Waals surface area contributed by atoms with Crippen LogP contribution in [0.15, 0.2) is 4.99 Å². The van der Waals surface area contributed by atoms with Crippen molar-refractivity contribution in [3.63, 3.8) is 0 Å². The Kier molecular flexibility index (Phi) is 3.69. The van der Waals surface area contributed by atoms with E-state index in [2.05, 4.69) is 32.7 Å². The molecule has 0 radical (unpaired) electrons. The van der Waals surface area contributed by atoms with Crippen LogP contribution in [0.25, 0.3) is 0 Å². The van der Waals surface area contributed by atoms with Gasteiger partial charge in [-0.25, -0.2) is 0 Å². The Morgan fingerprint density at radius 1 is 1.47 bits per heavy atom. The third-order valence-electron chi connectivity index (χ3n) is 4.06. The van der Waals surface area contributed by atoms with Gasteiger partial charge in [0.25, 0.3) is 0 Å². The SMILES string of the molecule is CC1CN2CCCC2CN1C1=NCC(CBr)S1. The van der Waals surface area contributed by atoms with Crippen LogP contribution in [0, 0.1) is 0 Å². The maximum Gasteiger partial charge on any atom is 0.159 e. The number of thioether (sulfide) groups is 1. The number of fused-ring (bicyclic) bond motifs is 1. The van der Waals surface area contributed by atoms with Gasteiger partial charge in [0.05, 0.1) is 6.54 Å². The second-order valence-corrected chi connectivity index (χ2v) is 7.22. The van der Waals surface area contributed by atoms with Crippen LogP contribution in [0.2, 0.25) is 0 Å². The molecule has 3 unspecified atom stereocenters. The number of piperazine rings is 1. The monoisotopic (exact) mass is 317 g/mol. The normalized spacial score (nSPS) is 38.4. The van der Waals surface area contributed by atoms with Gasteiger partial charge in [-0.1, -0.05) is 27.7 Å². The van der Waals surface area contributed by atoms with Gasteiger partial charge in [-0.3, -0.25) is 9.89 Å². The molecule has 3 atom stereocenters. The van der Waals surface area contributed by atoms with Crippen molar-refractivity contribution in [3.8, 4) is 0 Å². The number of hydrogen-bond donors (Lipinski definition) is 0. The Balaban J connectivity index is 1.67. The van der Waals surface area contributed by atoms with Crippen molar-refractivity contribution < 1.29 is 0 Å². The van der Waals surface area contributed by atoms with E-state index in [1.807, 2.05) is 11.8 Å². The predicted molar refractivity (Wildman–Crippen MR) is 78.2 cm³/mol. The van der Waals surface area contributed by atoms with Gasteiger partial charge < -0.3 is 4.90 Å². The fourth-order valence-corrected chi connectivity index (χ4v) is 4.75. The smallest absolute Gasteiger partial charge is 0.159 e. The molecule has 0 N–H and O–H groups in total. The summed E-state index contributed by atoms with van der Waals surface area (Å²) in [6.07, 6.45) is 2.76. The summed E-state index contributed by atoms with van der Waals surface area (Å²) in [5, 5.41) is 3.01. The minimum Gasteiger partial charge on any atom is -0.346 e. The summed E-state index contributed by atoms with van der Waals surface area (Å²) in [6, 6.07) is 1.42. The number of nitrogens with zero attached hydrogens (tertiary/aromatic N) is 3. The van der Waals surface area contributed by atoms with Crippen molar-refractivity contribution in [3.05, 3.63) is 0 Å². The van der Waals surface area contributed by atoms with Crippen LogP contribution < -0.4 is 0 Å². The molecule has 0 bridgehead atoms. The van der Waals surface area contributed by atoms with E-state index < -0.39 is 0 Å². The maximum atomic E-state index is 4.73. The molecule has 3 aliphatic rings. The molecule has 3 aliphatic heterocycles. The van der Waals surface area contributed by atoms with E-state index in [-0.39, 0.29) is 0 Å². The Labute approximate surface area is 116 Å². The summed E-state index contributed by atoms with van der Waals surface area (Å²) in [7, 11) is 0. The molecule has 0 aromatic carbocycles. The molecule has 3 heterocycles.